The lowest BCUT2D eigenvalue weighted by Crippen LogP contribution is -2.40. The van der Waals surface area contributed by atoms with E-state index in [-0.39, 0.29) is 19.1 Å². The SMILES string of the molecule is COCC(CO)NC(=O)c1c(C)[nH]c2ccccc12. The number of hydrogen-bond acceptors (Lipinski definition) is 3. The number of methoxy groups -OCH3 is 1. The summed E-state index contributed by atoms with van der Waals surface area (Å²) in [6, 6.07) is 7.24. The first-order chi connectivity index (χ1) is 9.17. The van der Waals surface area contributed by atoms with E-state index in [1.807, 2.05) is 31.2 Å². The minimum atomic E-state index is -0.398. The second-order valence-electron chi connectivity index (χ2n) is 4.48. The first-order valence-electron chi connectivity index (χ1n) is 6.15. The Labute approximate surface area is 111 Å². The molecule has 5 nitrogen and oxygen atoms in total. The Morgan fingerprint density at radius 2 is 2.21 bits per heavy atom. The van der Waals surface area contributed by atoms with E-state index in [1.165, 1.54) is 7.11 Å². The summed E-state index contributed by atoms with van der Waals surface area (Å²) in [4.78, 5) is 15.5. The molecule has 0 aliphatic rings. The van der Waals surface area contributed by atoms with Crippen molar-refractivity contribution >= 4 is 16.8 Å². The monoisotopic (exact) mass is 262 g/mol. The predicted octanol–water partition coefficient (Wildman–Crippen LogP) is 1.21. The van der Waals surface area contributed by atoms with Crippen molar-refractivity contribution < 1.29 is 14.6 Å². The highest BCUT2D eigenvalue weighted by Crippen LogP contribution is 2.21. The number of aliphatic hydroxyl groups is 1. The topological polar surface area (TPSA) is 74.3 Å². The Morgan fingerprint density at radius 1 is 1.47 bits per heavy atom. The second-order valence-corrected chi connectivity index (χ2v) is 4.48. The normalized spacial score (nSPS) is 12.6. The summed E-state index contributed by atoms with van der Waals surface area (Å²) in [6.07, 6.45) is 0. The third-order valence-corrected chi connectivity index (χ3v) is 3.04. The summed E-state index contributed by atoms with van der Waals surface area (Å²) >= 11 is 0. The van der Waals surface area contributed by atoms with E-state index >= 15 is 0 Å². The van der Waals surface area contributed by atoms with Crippen molar-refractivity contribution in [3.05, 3.63) is 35.5 Å². The highest BCUT2D eigenvalue weighted by molar-refractivity contribution is 6.08. The Kier molecular flexibility index (Phi) is 4.19. The summed E-state index contributed by atoms with van der Waals surface area (Å²) in [6.45, 7) is 1.99. The van der Waals surface area contributed by atoms with E-state index < -0.39 is 6.04 Å². The fourth-order valence-electron chi connectivity index (χ4n) is 2.17. The first kappa shape index (κ1) is 13.6. The van der Waals surface area contributed by atoms with Gasteiger partial charge in [-0.05, 0) is 13.0 Å². The van der Waals surface area contributed by atoms with E-state index in [0.29, 0.717) is 5.56 Å². The van der Waals surface area contributed by atoms with Gasteiger partial charge in [-0.15, -0.1) is 0 Å². The van der Waals surface area contributed by atoms with Crippen LogP contribution in [-0.4, -0.2) is 42.4 Å². The van der Waals surface area contributed by atoms with Crippen LogP contribution in [0.15, 0.2) is 24.3 Å². The number of ether oxygens (including phenoxy) is 1. The number of aromatic nitrogens is 1. The van der Waals surface area contributed by atoms with E-state index in [4.69, 9.17) is 4.74 Å². The zero-order valence-corrected chi connectivity index (χ0v) is 11.1. The van der Waals surface area contributed by atoms with Crippen LogP contribution in [0, 0.1) is 6.92 Å². The van der Waals surface area contributed by atoms with Crippen molar-refractivity contribution in [3.63, 3.8) is 0 Å². The molecule has 19 heavy (non-hydrogen) atoms. The Morgan fingerprint density at radius 3 is 2.89 bits per heavy atom. The summed E-state index contributed by atoms with van der Waals surface area (Å²) in [7, 11) is 1.53. The van der Waals surface area contributed by atoms with Crippen LogP contribution in [0.4, 0.5) is 0 Å². The molecule has 1 amide bonds. The highest BCUT2D eigenvalue weighted by atomic mass is 16.5. The number of hydrogen-bond donors (Lipinski definition) is 3. The van der Waals surface area contributed by atoms with Crippen LogP contribution in [0.25, 0.3) is 10.9 Å². The maximum Gasteiger partial charge on any atom is 0.254 e. The van der Waals surface area contributed by atoms with E-state index in [0.717, 1.165) is 16.6 Å². The van der Waals surface area contributed by atoms with Crippen LogP contribution in [0.3, 0.4) is 0 Å². The number of aryl methyl sites for hydroxylation is 1. The third kappa shape index (κ3) is 2.77. The van der Waals surface area contributed by atoms with Crippen molar-refractivity contribution in [2.24, 2.45) is 0 Å². The van der Waals surface area contributed by atoms with Gasteiger partial charge in [0.05, 0.1) is 24.8 Å². The molecule has 2 rings (SSSR count). The maximum atomic E-state index is 12.3. The van der Waals surface area contributed by atoms with Crippen molar-refractivity contribution in [2.75, 3.05) is 20.3 Å². The summed E-state index contributed by atoms with van der Waals surface area (Å²) in [5, 5.41) is 12.8. The molecule has 1 aromatic carbocycles. The number of fused-ring (bicyclic) bond motifs is 1. The number of H-pyrrole nitrogens is 1. The van der Waals surface area contributed by atoms with Crippen LogP contribution in [0.2, 0.25) is 0 Å². The average Bonchev–Trinajstić information content (AvgIpc) is 2.73. The Balaban J connectivity index is 2.28. The van der Waals surface area contributed by atoms with Crippen LogP contribution < -0.4 is 5.32 Å². The molecule has 0 fully saturated rings. The van der Waals surface area contributed by atoms with Gasteiger partial charge in [0.2, 0.25) is 0 Å². The summed E-state index contributed by atoms with van der Waals surface area (Å²) in [5.74, 6) is -0.203. The molecule has 102 valence electrons. The maximum absolute atomic E-state index is 12.3. The number of amides is 1. The fraction of sp³-hybridized carbons (Fsp3) is 0.357. The lowest BCUT2D eigenvalue weighted by atomic mass is 10.1. The van der Waals surface area contributed by atoms with Gasteiger partial charge in [0.15, 0.2) is 0 Å². The van der Waals surface area contributed by atoms with Crippen LogP contribution >= 0.6 is 0 Å². The van der Waals surface area contributed by atoms with Crippen molar-refractivity contribution in [3.8, 4) is 0 Å². The molecular formula is C14H18N2O3. The molecule has 0 aliphatic heterocycles. The molecule has 0 aliphatic carbocycles. The Hall–Kier alpha value is -1.85. The molecule has 2 aromatic rings. The molecule has 1 unspecified atom stereocenters. The number of nitrogens with one attached hydrogen (secondary N) is 2. The van der Waals surface area contributed by atoms with Gasteiger partial charge < -0.3 is 20.1 Å². The van der Waals surface area contributed by atoms with Gasteiger partial charge >= 0.3 is 0 Å². The number of benzene rings is 1. The lowest BCUT2D eigenvalue weighted by Gasteiger charge is -2.15. The van der Waals surface area contributed by atoms with Crippen LogP contribution in [-0.2, 0) is 4.74 Å². The predicted molar refractivity (Wildman–Crippen MR) is 73.3 cm³/mol. The summed E-state index contributed by atoms with van der Waals surface area (Å²) < 4.78 is 4.95. The van der Waals surface area contributed by atoms with Crippen molar-refractivity contribution in [1.29, 1.82) is 0 Å². The Bertz CT molecular complexity index is 577. The lowest BCUT2D eigenvalue weighted by molar-refractivity contribution is 0.0840. The van der Waals surface area contributed by atoms with E-state index in [2.05, 4.69) is 10.3 Å². The minimum absolute atomic E-state index is 0.152. The van der Waals surface area contributed by atoms with E-state index in [9.17, 15) is 9.90 Å². The van der Waals surface area contributed by atoms with E-state index in [1.54, 1.807) is 0 Å². The number of carbonyl (C=O) groups excluding carboxylic acids is 1. The van der Waals surface area contributed by atoms with Gasteiger partial charge in [0.25, 0.3) is 5.91 Å². The minimum Gasteiger partial charge on any atom is -0.394 e. The van der Waals surface area contributed by atoms with Crippen molar-refractivity contribution in [1.82, 2.24) is 10.3 Å². The number of aliphatic hydroxyl groups excluding tert-OH is 1. The fourth-order valence-corrected chi connectivity index (χ4v) is 2.17. The summed E-state index contributed by atoms with van der Waals surface area (Å²) in [5.41, 5.74) is 2.36. The second kappa shape index (κ2) is 5.86. The molecule has 0 spiro atoms. The van der Waals surface area contributed by atoms with Gasteiger partial charge in [-0.3, -0.25) is 4.79 Å². The van der Waals surface area contributed by atoms with Gasteiger partial charge in [0.1, 0.15) is 0 Å². The molecule has 5 heteroatoms. The molecule has 1 aromatic heterocycles. The standard InChI is InChI=1S/C14H18N2O3/c1-9-13(11-5-3-4-6-12(11)15-9)14(18)16-10(7-17)8-19-2/h3-6,10,15,17H,7-8H2,1-2H3,(H,16,18). The van der Waals surface area contributed by atoms with Gasteiger partial charge in [0, 0.05) is 23.7 Å². The number of aromatic amines is 1. The molecule has 1 atom stereocenters. The smallest absolute Gasteiger partial charge is 0.254 e. The zero-order valence-electron chi connectivity index (χ0n) is 11.1. The zero-order chi connectivity index (χ0) is 13.8. The van der Waals surface area contributed by atoms with Crippen LogP contribution in [0.5, 0.6) is 0 Å². The highest BCUT2D eigenvalue weighted by Gasteiger charge is 2.18. The molecule has 0 radical (unpaired) electrons. The quantitative estimate of drug-likeness (QED) is 0.758. The van der Waals surface area contributed by atoms with Crippen molar-refractivity contribution in [2.45, 2.75) is 13.0 Å². The van der Waals surface area contributed by atoms with Gasteiger partial charge in [-0.25, -0.2) is 0 Å². The molecule has 3 N–H and O–H groups in total. The third-order valence-electron chi connectivity index (χ3n) is 3.04. The largest absolute Gasteiger partial charge is 0.394 e. The van der Waals surface area contributed by atoms with Gasteiger partial charge in [-0.1, -0.05) is 18.2 Å². The number of rotatable bonds is 5. The number of carbonyl (C=O) groups is 1. The molecule has 0 saturated heterocycles. The number of para-hydroxylation sites is 1. The first-order valence-corrected chi connectivity index (χ1v) is 6.15. The van der Waals surface area contributed by atoms with Gasteiger partial charge in [-0.2, -0.15) is 0 Å². The van der Waals surface area contributed by atoms with Crippen LogP contribution in [0.1, 0.15) is 16.1 Å². The molecule has 0 saturated carbocycles. The molecule has 0 bridgehead atoms. The molecule has 1 heterocycles. The molecular weight excluding hydrogens is 244 g/mol. The average molecular weight is 262 g/mol.